The van der Waals surface area contributed by atoms with Gasteiger partial charge in [-0.05, 0) is 55.0 Å². The summed E-state index contributed by atoms with van der Waals surface area (Å²) in [6.07, 6.45) is 0.996. The second-order valence-corrected chi connectivity index (χ2v) is 8.84. The van der Waals surface area contributed by atoms with Crippen LogP contribution in [0.3, 0.4) is 0 Å². The van der Waals surface area contributed by atoms with Crippen LogP contribution in [-0.4, -0.2) is 66.4 Å². The zero-order valence-electron chi connectivity index (χ0n) is 19.6. The molecule has 2 N–H and O–H groups in total. The van der Waals surface area contributed by atoms with E-state index in [4.69, 9.17) is 21.7 Å². The Morgan fingerprint density at radius 2 is 1.94 bits per heavy atom. The van der Waals surface area contributed by atoms with Gasteiger partial charge in [0.2, 0.25) is 0 Å². The Morgan fingerprint density at radius 3 is 2.71 bits per heavy atom. The van der Waals surface area contributed by atoms with Crippen molar-refractivity contribution in [1.29, 1.82) is 0 Å². The highest BCUT2D eigenvalue weighted by molar-refractivity contribution is 7.80. The number of methoxy groups -OCH3 is 1. The molecule has 0 saturated carbocycles. The third-order valence-electron chi connectivity index (χ3n) is 6.02. The summed E-state index contributed by atoms with van der Waals surface area (Å²) in [6, 6.07) is 17.7. The number of hydrogen-bond acceptors (Lipinski definition) is 5. The molecule has 1 fully saturated rings. The van der Waals surface area contributed by atoms with E-state index in [9.17, 15) is 4.79 Å². The molecule has 180 valence electrons. The Hall–Kier alpha value is -2.94. The molecule has 0 bridgehead atoms. The number of nitrogens with one attached hydrogen (secondary N) is 2. The molecule has 8 heteroatoms. The van der Waals surface area contributed by atoms with E-state index in [1.165, 1.54) is 0 Å². The maximum absolute atomic E-state index is 12.8. The van der Waals surface area contributed by atoms with Crippen molar-refractivity contribution in [3.8, 4) is 5.75 Å². The van der Waals surface area contributed by atoms with E-state index in [2.05, 4.69) is 32.2 Å². The number of morpholine rings is 1. The minimum atomic E-state index is -0.106. The summed E-state index contributed by atoms with van der Waals surface area (Å²) in [5, 5.41) is 4.98. The minimum absolute atomic E-state index is 0.106. The van der Waals surface area contributed by atoms with Gasteiger partial charge < -0.3 is 24.7 Å². The number of H-pyrrole nitrogens is 1. The Morgan fingerprint density at radius 1 is 1.15 bits per heavy atom. The fourth-order valence-corrected chi connectivity index (χ4v) is 4.35. The molecule has 0 amide bonds. The fourth-order valence-electron chi connectivity index (χ4n) is 4.12. The molecule has 2 heterocycles. The van der Waals surface area contributed by atoms with Crippen LogP contribution in [-0.2, 0) is 17.8 Å². The Labute approximate surface area is 205 Å². The maximum Gasteiger partial charge on any atom is 0.253 e. The van der Waals surface area contributed by atoms with Crippen LogP contribution in [0.5, 0.6) is 5.75 Å². The van der Waals surface area contributed by atoms with Gasteiger partial charge in [0.25, 0.3) is 5.56 Å². The molecule has 7 nitrogen and oxygen atoms in total. The van der Waals surface area contributed by atoms with Crippen LogP contribution in [0.25, 0.3) is 10.9 Å². The molecule has 34 heavy (non-hydrogen) atoms. The number of aromatic amines is 1. The Balaban J connectivity index is 1.46. The SMILES string of the molecule is COc1ccc2[nH]c(=O)c(CN(Cc3ccccc3)C(=S)NCCCN3CCOCC3)cc2c1. The molecule has 1 aromatic heterocycles. The first kappa shape index (κ1) is 24.2. The summed E-state index contributed by atoms with van der Waals surface area (Å²) in [5.74, 6) is 0.754. The highest BCUT2D eigenvalue weighted by Gasteiger charge is 2.15. The molecule has 1 aliphatic heterocycles. The van der Waals surface area contributed by atoms with E-state index >= 15 is 0 Å². The van der Waals surface area contributed by atoms with Crippen LogP contribution in [0.4, 0.5) is 0 Å². The van der Waals surface area contributed by atoms with Gasteiger partial charge in [0.1, 0.15) is 5.75 Å². The lowest BCUT2D eigenvalue weighted by Gasteiger charge is -2.28. The molecule has 1 aliphatic rings. The lowest BCUT2D eigenvalue weighted by atomic mass is 10.1. The van der Waals surface area contributed by atoms with E-state index in [1.807, 2.05) is 42.5 Å². The monoisotopic (exact) mass is 480 g/mol. The van der Waals surface area contributed by atoms with Gasteiger partial charge in [-0.2, -0.15) is 0 Å². The first-order valence-corrected chi connectivity index (χ1v) is 12.1. The van der Waals surface area contributed by atoms with Gasteiger partial charge in [-0.15, -0.1) is 0 Å². The standard InChI is InChI=1S/C26H32N4O3S/c1-32-23-8-9-24-21(17-23)16-22(25(31)28-24)19-30(18-20-6-3-2-4-7-20)26(34)27-10-5-11-29-12-14-33-15-13-29/h2-4,6-9,16-17H,5,10-15,18-19H2,1H3,(H,27,34)(H,28,31). The number of nitrogens with zero attached hydrogens (tertiary/aromatic N) is 2. The molecular formula is C26H32N4O3S. The predicted octanol–water partition coefficient (Wildman–Crippen LogP) is 3.14. The van der Waals surface area contributed by atoms with Crippen molar-refractivity contribution in [3.63, 3.8) is 0 Å². The third-order valence-corrected chi connectivity index (χ3v) is 6.43. The molecule has 0 unspecified atom stereocenters. The molecule has 0 spiro atoms. The summed E-state index contributed by atoms with van der Waals surface area (Å²) in [7, 11) is 1.64. The summed E-state index contributed by atoms with van der Waals surface area (Å²) in [4.78, 5) is 20.3. The molecular weight excluding hydrogens is 448 g/mol. The average Bonchev–Trinajstić information content (AvgIpc) is 2.87. The lowest BCUT2D eigenvalue weighted by Crippen LogP contribution is -2.42. The van der Waals surface area contributed by atoms with Gasteiger partial charge in [0.05, 0.1) is 26.9 Å². The number of fused-ring (bicyclic) bond motifs is 1. The van der Waals surface area contributed by atoms with E-state index < -0.39 is 0 Å². The number of thiocarbonyl (C=S) groups is 1. The quantitative estimate of drug-likeness (QED) is 0.360. The van der Waals surface area contributed by atoms with Gasteiger partial charge in [0, 0.05) is 42.6 Å². The van der Waals surface area contributed by atoms with Crippen molar-refractivity contribution in [2.45, 2.75) is 19.5 Å². The van der Waals surface area contributed by atoms with E-state index in [0.717, 1.165) is 68.0 Å². The van der Waals surface area contributed by atoms with E-state index in [0.29, 0.717) is 23.8 Å². The predicted molar refractivity (Wildman–Crippen MR) is 139 cm³/mol. The summed E-state index contributed by atoms with van der Waals surface area (Å²) < 4.78 is 10.8. The van der Waals surface area contributed by atoms with Crippen molar-refractivity contribution in [2.75, 3.05) is 46.5 Å². The van der Waals surface area contributed by atoms with Gasteiger partial charge in [-0.3, -0.25) is 9.69 Å². The number of pyridine rings is 1. The molecule has 0 atom stereocenters. The highest BCUT2D eigenvalue weighted by Crippen LogP contribution is 2.19. The zero-order chi connectivity index (χ0) is 23.8. The van der Waals surface area contributed by atoms with Gasteiger partial charge in [-0.25, -0.2) is 0 Å². The normalized spacial score (nSPS) is 14.1. The second kappa shape index (κ2) is 12.0. The van der Waals surface area contributed by atoms with Gasteiger partial charge >= 0.3 is 0 Å². The van der Waals surface area contributed by atoms with Crippen LogP contribution in [0.15, 0.2) is 59.4 Å². The van der Waals surface area contributed by atoms with Crippen LogP contribution in [0.1, 0.15) is 17.5 Å². The molecule has 1 saturated heterocycles. The summed E-state index contributed by atoms with van der Waals surface area (Å²) in [5.41, 5.74) is 2.48. The fraction of sp³-hybridized carbons (Fsp3) is 0.385. The van der Waals surface area contributed by atoms with E-state index in [1.54, 1.807) is 7.11 Å². The topological polar surface area (TPSA) is 69.8 Å². The maximum atomic E-state index is 12.8. The first-order chi connectivity index (χ1) is 16.6. The van der Waals surface area contributed by atoms with Crippen LogP contribution >= 0.6 is 12.2 Å². The Kier molecular flexibility index (Phi) is 8.51. The first-order valence-electron chi connectivity index (χ1n) is 11.7. The van der Waals surface area contributed by atoms with Crippen LogP contribution in [0, 0.1) is 0 Å². The van der Waals surface area contributed by atoms with Crippen molar-refractivity contribution < 1.29 is 9.47 Å². The zero-order valence-corrected chi connectivity index (χ0v) is 20.4. The molecule has 2 aromatic carbocycles. The van der Waals surface area contributed by atoms with E-state index in [-0.39, 0.29) is 5.56 Å². The smallest absolute Gasteiger partial charge is 0.253 e. The summed E-state index contributed by atoms with van der Waals surface area (Å²) >= 11 is 5.77. The Bertz CT molecular complexity index is 1150. The highest BCUT2D eigenvalue weighted by atomic mass is 32.1. The largest absolute Gasteiger partial charge is 0.497 e. The van der Waals surface area contributed by atoms with Crippen molar-refractivity contribution in [1.82, 2.24) is 20.1 Å². The van der Waals surface area contributed by atoms with Gasteiger partial charge in [-0.1, -0.05) is 30.3 Å². The minimum Gasteiger partial charge on any atom is -0.497 e. The third kappa shape index (κ3) is 6.56. The van der Waals surface area contributed by atoms with Crippen LogP contribution < -0.4 is 15.6 Å². The van der Waals surface area contributed by atoms with Crippen molar-refractivity contribution in [3.05, 3.63) is 76.1 Å². The number of hydrogen-bond donors (Lipinski definition) is 2. The second-order valence-electron chi connectivity index (χ2n) is 8.46. The molecule has 4 rings (SSSR count). The number of aromatic nitrogens is 1. The van der Waals surface area contributed by atoms with Crippen molar-refractivity contribution >= 4 is 28.2 Å². The molecule has 0 radical (unpaired) electrons. The number of rotatable bonds is 9. The van der Waals surface area contributed by atoms with Crippen molar-refractivity contribution in [2.24, 2.45) is 0 Å². The lowest BCUT2D eigenvalue weighted by molar-refractivity contribution is 0.0376. The molecule has 3 aromatic rings. The van der Waals surface area contributed by atoms with Gasteiger partial charge in [0.15, 0.2) is 5.11 Å². The van der Waals surface area contributed by atoms with Crippen LogP contribution in [0.2, 0.25) is 0 Å². The number of benzene rings is 2. The summed E-state index contributed by atoms with van der Waals surface area (Å²) in [6.45, 7) is 6.42. The average molecular weight is 481 g/mol. The number of ether oxygens (including phenoxy) is 2. The molecule has 0 aliphatic carbocycles.